The number of ether oxygens (including phenoxy) is 8. The smallest absolute Gasteiger partial charge is 0.120 e. The van der Waals surface area contributed by atoms with Crippen molar-refractivity contribution >= 4 is 10.8 Å². The van der Waals surface area contributed by atoms with E-state index in [0.717, 1.165) is 22.3 Å². The number of hydrogen-bond acceptors (Lipinski definition) is 8. The molecule has 2 rings (SSSR count). The molecule has 0 amide bonds. The molecule has 0 aliphatic rings. The summed E-state index contributed by atoms with van der Waals surface area (Å²) in [4.78, 5) is 0. The first-order valence-electron chi connectivity index (χ1n) is 12.0. The van der Waals surface area contributed by atoms with E-state index >= 15 is 0 Å². The van der Waals surface area contributed by atoms with Gasteiger partial charge in [0.15, 0.2) is 0 Å². The summed E-state index contributed by atoms with van der Waals surface area (Å²) in [6.07, 6.45) is 10.2. The lowest BCUT2D eigenvalue weighted by atomic mass is 10.1. The Bertz CT molecular complexity index is 843. The van der Waals surface area contributed by atoms with Crippen molar-refractivity contribution in [2.45, 2.75) is 0 Å². The van der Waals surface area contributed by atoms with Crippen LogP contribution in [0.15, 0.2) is 36.4 Å². The van der Waals surface area contributed by atoms with E-state index in [0.29, 0.717) is 92.5 Å². The molecule has 0 saturated carbocycles. The standard InChI is InChI=1S/C28H36O8/c1-3-9-29-11-13-31-15-17-33-19-21-35-27-7-5-26-24-28(8-6-25(26)23-27)36-22-20-34-18-16-32-14-12-30-10-4-2/h1-2,5-8,23-24H,9-22H2. The van der Waals surface area contributed by atoms with Crippen molar-refractivity contribution in [1.82, 2.24) is 0 Å². The van der Waals surface area contributed by atoms with E-state index in [1.54, 1.807) is 0 Å². The van der Waals surface area contributed by atoms with E-state index in [4.69, 9.17) is 50.7 Å². The quantitative estimate of drug-likeness (QED) is 0.181. The molecule has 0 radical (unpaired) electrons. The first-order valence-corrected chi connectivity index (χ1v) is 12.0. The third-order valence-corrected chi connectivity index (χ3v) is 4.63. The Hall–Kier alpha value is -2.82. The van der Waals surface area contributed by atoms with Crippen molar-refractivity contribution in [1.29, 1.82) is 0 Å². The maximum Gasteiger partial charge on any atom is 0.120 e. The van der Waals surface area contributed by atoms with E-state index in [2.05, 4.69) is 11.8 Å². The molecule has 0 aliphatic heterocycles. The van der Waals surface area contributed by atoms with Crippen LogP contribution in [-0.2, 0) is 28.4 Å². The van der Waals surface area contributed by atoms with E-state index in [-0.39, 0.29) is 0 Å². The third kappa shape index (κ3) is 13.9. The highest BCUT2D eigenvalue weighted by Crippen LogP contribution is 2.25. The van der Waals surface area contributed by atoms with Gasteiger partial charge in [0.2, 0.25) is 0 Å². The molecule has 0 bridgehead atoms. The fraction of sp³-hybridized carbons (Fsp3) is 0.500. The van der Waals surface area contributed by atoms with Crippen LogP contribution >= 0.6 is 0 Å². The number of fused-ring (bicyclic) bond motifs is 1. The van der Waals surface area contributed by atoms with E-state index in [1.165, 1.54) is 0 Å². The summed E-state index contributed by atoms with van der Waals surface area (Å²) in [5, 5.41) is 2.14. The third-order valence-electron chi connectivity index (χ3n) is 4.63. The average molecular weight is 501 g/mol. The zero-order chi connectivity index (χ0) is 25.5. The molecule has 0 atom stereocenters. The van der Waals surface area contributed by atoms with Crippen LogP contribution < -0.4 is 9.47 Å². The Labute approximate surface area is 214 Å². The largest absolute Gasteiger partial charge is 0.491 e. The van der Waals surface area contributed by atoms with Crippen LogP contribution in [0.3, 0.4) is 0 Å². The molecule has 0 fully saturated rings. The summed E-state index contributed by atoms with van der Waals surface area (Å²) in [5.41, 5.74) is 0. The fourth-order valence-corrected chi connectivity index (χ4v) is 2.96. The summed E-state index contributed by atoms with van der Waals surface area (Å²) in [7, 11) is 0. The summed E-state index contributed by atoms with van der Waals surface area (Å²) < 4.78 is 43.6. The minimum absolute atomic E-state index is 0.306. The van der Waals surface area contributed by atoms with Gasteiger partial charge in [0.05, 0.1) is 66.1 Å². The summed E-state index contributed by atoms with van der Waals surface area (Å²) in [6.45, 7) is 6.48. The molecule has 36 heavy (non-hydrogen) atoms. The summed E-state index contributed by atoms with van der Waals surface area (Å²) in [6, 6.07) is 11.9. The monoisotopic (exact) mass is 500 g/mol. The average Bonchev–Trinajstić information content (AvgIpc) is 2.90. The van der Waals surface area contributed by atoms with Gasteiger partial charge in [-0.2, -0.15) is 0 Å². The molecule has 0 saturated heterocycles. The van der Waals surface area contributed by atoms with Crippen molar-refractivity contribution in [3.05, 3.63) is 36.4 Å². The van der Waals surface area contributed by atoms with E-state index in [1.807, 2.05) is 36.4 Å². The minimum Gasteiger partial charge on any atom is -0.491 e. The van der Waals surface area contributed by atoms with Crippen molar-refractivity contribution in [2.75, 3.05) is 92.5 Å². The van der Waals surface area contributed by atoms with Crippen LogP contribution in [0.2, 0.25) is 0 Å². The normalized spacial score (nSPS) is 10.7. The Morgan fingerprint density at radius 2 is 0.778 bits per heavy atom. The lowest BCUT2D eigenvalue weighted by molar-refractivity contribution is 0.0142. The lowest BCUT2D eigenvalue weighted by Crippen LogP contribution is -2.12. The Kier molecular flexibility index (Phi) is 16.6. The van der Waals surface area contributed by atoms with Crippen LogP contribution in [0, 0.1) is 24.7 Å². The Morgan fingerprint density at radius 1 is 0.444 bits per heavy atom. The van der Waals surface area contributed by atoms with Gasteiger partial charge in [-0.25, -0.2) is 0 Å². The Balaban J connectivity index is 1.52. The fourth-order valence-electron chi connectivity index (χ4n) is 2.96. The van der Waals surface area contributed by atoms with Gasteiger partial charge >= 0.3 is 0 Å². The summed E-state index contributed by atoms with van der Waals surface area (Å²) >= 11 is 0. The number of benzene rings is 2. The van der Waals surface area contributed by atoms with E-state index < -0.39 is 0 Å². The van der Waals surface area contributed by atoms with Crippen LogP contribution in [0.4, 0.5) is 0 Å². The summed E-state index contributed by atoms with van der Waals surface area (Å²) in [5.74, 6) is 6.39. The first kappa shape index (κ1) is 29.4. The van der Waals surface area contributed by atoms with Crippen LogP contribution in [0.25, 0.3) is 10.8 Å². The molecule has 0 N–H and O–H groups in total. The molecule has 0 aromatic heterocycles. The van der Waals surface area contributed by atoms with Crippen molar-refractivity contribution < 1.29 is 37.9 Å². The van der Waals surface area contributed by atoms with Gasteiger partial charge in [0.25, 0.3) is 0 Å². The highest BCUT2D eigenvalue weighted by atomic mass is 16.6. The van der Waals surface area contributed by atoms with Gasteiger partial charge < -0.3 is 37.9 Å². The second-order valence-electron chi connectivity index (χ2n) is 7.33. The Morgan fingerprint density at radius 3 is 1.14 bits per heavy atom. The zero-order valence-corrected chi connectivity index (χ0v) is 20.8. The van der Waals surface area contributed by atoms with Crippen LogP contribution in [-0.4, -0.2) is 92.5 Å². The topological polar surface area (TPSA) is 73.8 Å². The van der Waals surface area contributed by atoms with E-state index in [9.17, 15) is 0 Å². The molecule has 0 aliphatic carbocycles. The second-order valence-corrected chi connectivity index (χ2v) is 7.33. The van der Waals surface area contributed by atoms with Gasteiger partial charge in [-0.05, 0) is 35.0 Å². The number of terminal acetylenes is 2. The van der Waals surface area contributed by atoms with Crippen molar-refractivity contribution in [3.8, 4) is 36.2 Å². The van der Waals surface area contributed by atoms with Crippen LogP contribution in [0.5, 0.6) is 11.5 Å². The van der Waals surface area contributed by atoms with Crippen molar-refractivity contribution in [2.24, 2.45) is 0 Å². The molecule has 2 aromatic carbocycles. The highest BCUT2D eigenvalue weighted by Gasteiger charge is 2.02. The molecule has 8 heteroatoms. The van der Waals surface area contributed by atoms with Gasteiger partial charge in [0, 0.05) is 0 Å². The molecular formula is C28H36O8. The first-order chi connectivity index (χ1) is 17.8. The van der Waals surface area contributed by atoms with Crippen LogP contribution in [0.1, 0.15) is 0 Å². The molecule has 2 aromatic rings. The van der Waals surface area contributed by atoms with Gasteiger partial charge in [-0.15, -0.1) is 12.8 Å². The predicted molar refractivity (Wildman–Crippen MR) is 138 cm³/mol. The minimum atomic E-state index is 0.306. The number of hydrogen-bond donors (Lipinski definition) is 0. The van der Waals surface area contributed by atoms with Crippen molar-refractivity contribution in [3.63, 3.8) is 0 Å². The lowest BCUT2D eigenvalue weighted by Gasteiger charge is -2.10. The van der Waals surface area contributed by atoms with Gasteiger partial charge in [-0.3, -0.25) is 0 Å². The molecule has 0 heterocycles. The SMILES string of the molecule is C#CCOCCOCCOCCOc1ccc2cc(OCCOCCOCCOCC#C)ccc2c1. The second kappa shape index (κ2) is 20.4. The highest BCUT2D eigenvalue weighted by molar-refractivity contribution is 5.85. The maximum atomic E-state index is 5.78. The van der Waals surface area contributed by atoms with Gasteiger partial charge in [-0.1, -0.05) is 24.0 Å². The maximum absolute atomic E-state index is 5.78. The molecular weight excluding hydrogens is 464 g/mol. The predicted octanol–water partition coefficient (Wildman–Crippen LogP) is 2.96. The zero-order valence-electron chi connectivity index (χ0n) is 20.8. The molecule has 196 valence electrons. The molecule has 0 unspecified atom stereocenters. The van der Waals surface area contributed by atoms with Gasteiger partial charge in [0.1, 0.15) is 37.9 Å². The number of rotatable bonds is 22. The molecule has 0 spiro atoms. The molecule has 8 nitrogen and oxygen atoms in total.